The average molecular weight is 310 g/mol. The van der Waals surface area contributed by atoms with Crippen LogP contribution in [0.25, 0.3) is 0 Å². The number of nitrogens with two attached hydrogens (primary N) is 2. The van der Waals surface area contributed by atoms with E-state index < -0.39 is 23.7 Å². The van der Waals surface area contributed by atoms with Gasteiger partial charge >= 0.3 is 5.97 Å². The van der Waals surface area contributed by atoms with Gasteiger partial charge in [0, 0.05) is 6.42 Å². The molecule has 0 saturated heterocycles. The number of rotatable bonds is 10. The van der Waals surface area contributed by atoms with E-state index in [1.165, 1.54) is 18.2 Å². The molecule has 22 heavy (non-hydrogen) atoms. The molecule has 0 radical (unpaired) electrons. The number of hydrogen-bond donors (Lipinski definition) is 3. The Labute approximate surface area is 129 Å². The normalized spacial score (nSPS) is 13.6. The molecule has 0 saturated carbocycles. The molecule has 5 nitrogen and oxygen atoms in total. The molecule has 1 aromatic rings. The molecule has 0 amide bonds. The summed E-state index contributed by atoms with van der Waals surface area (Å²) in [5.74, 6) is -2.67. The summed E-state index contributed by atoms with van der Waals surface area (Å²) in [5.41, 5.74) is 11.7. The molecule has 0 aliphatic heterocycles. The van der Waals surface area contributed by atoms with Gasteiger partial charge in [-0.25, -0.2) is 4.39 Å². The Hall–Kier alpha value is -1.79. The minimum Gasteiger partial charge on any atom is -0.481 e. The van der Waals surface area contributed by atoms with Gasteiger partial charge in [-0.15, -0.1) is 0 Å². The molecule has 1 aromatic carbocycles. The fourth-order valence-electron chi connectivity index (χ4n) is 2.26. The van der Waals surface area contributed by atoms with Gasteiger partial charge in [0.2, 0.25) is 0 Å². The summed E-state index contributed by atoms with van der Waals surface area (Å²) >= 11 is 0. The second-order valence-electron chi connectivity index (χ2n) is 5.43. The fraction of sp³-hybridized carbons (Fsp3) is 0.500. The second-order valence-corrected chi connectivity index (χ2v) is 5.43. The highest BCUT2D eigenvalue weighted by Crippen LogP contribution is 2.16. The van der Waals surface area contributed by atoms with Crippen molar-refractivity contribution in [1.82, 2.24) is 0 Å². The Kier molecular flexibility index (Phi) is 7.70. The van der Waals surface area contributed by atoms with Gasteiger partial charge in [-0.3, -0.25) is 9.59 Å². The fourth-order valence-corrected chi connectivity index (χ4v) is 2.26. The third-order valence-electron chi connectivity index (χ3n) is 3.55. The van der Waals surface area contributed by atoms with E-state index in [1.807, 2.05) is 0 Å². The predicted octanol–water partition coefficient (Wildman–Crippen LogP) is 1.48. The number of aliphatic carboxylic acids is 1. The van der Waals surface area contributed by atoms with E-state index in [2.05, 4.69) is 0 Å². The predicted molar refractivity (Wildman–Crippen MR) is 81.7 cm³/mol. The lowest BCUT2D eigenvalue weighted by atomic mass is 9.91. The number of benzene rings is 1. The van der Waals surface area contributed by atoms with Crippen molar-refractivity contribution in [3.63, 3.8) is 0 Å². The number of hydrogen-bond acceptors (Lipinski definition) is 4. The van der Waals surface area contributed by atoms with Crippen molar-refractivity contribution in [2.24, 2.45) is 17.4 Å². The van der Waals surface area contributed by atoms with E-state index in [0.29, 0.717) is 18.5 Å². The number of Topliss-reactive ketones (excluding diaryl/α,β-unsaturated/α-hetero) is 1. The zero-order chi connectivity index (χ0) is 16.5. The lowest BCUT2D eigenvalue weighted by Crippen LogP contribution is -2.34. The summed E-state index contributed by atoms with van der Waals surface area (Å²) in [7, 11) is 0. The van der Waals surface area contributed by atoms with Gasteiger partial charge in [0.25, 0.3) is 0 Å². The zero-order valence-corrected chi connectivity index (χ0v) is 12.5. The molecule has 0 aliphatic rings. The first-order chi connectivity index (χ1) is 10.4. The van der Waals surface area contributed by atoms with Crippen molar-refractivity contribution in [2.75, 3.05) is 6.54 Å². The molecule has 0 heterocycles. The van der Waals surface area contributed by atoms with Crippen LogP contribution in [-0.4, -0.2) is 29.4 Å². The number of carboxylic acids is 1. The first-order valence-electron chi connectivity index (χ1n) is 7.39. The summed E-state index contributed by atoms with van der Waals surface area (Å²) in [6.07, 6.45) is 1.99. The molecule has 1 rings (SSSR count). The van der Waals surface area contributed by atoms with Crippen molar-refractivity contribution in [2.45, 2.75) is 38.1 Å². The summed E-state index contributed by atoms with van der Waals surface area (Å²) in [6.45, 7) is 0.540. The Morgan fingerprint density at radius 1 is 1.27 bits per heavy atom. The topological polar surface area (TPSA) is 106 Å². The van der Waals surface area contributed by atoms with Crippen LogP contribution in [-0.2, 0) is 16.0 Å². The molecule has 0 fully saturated rings. The highest BCUT2D eigenvalue weighted by molar-refractivity contribution is 5.87. The first-order valence-corrected chi connectivity index (χ1v) is 7.39. The average Bonchev–Trinajstić information content (AvgIpc) is 2.46. The molecule has 0 spiro atoms. The van der Waals surface area contributed by atoms with Crippen molar-refractivity contribution in [3.8, 4) is 0 Å². The zero-order valence-electron chi connectivity index (χ0n) is 12.5. The lowest BCUT2D eigenvalue weighted by molar-refractivity contribution is -0.143. The quantitative estimate of drug-likeness (QED) is 0.568. The van der Waals surface area contributed by atoms with Crippen LogP contribution >= 0.6 is 0 Å². The molecular weight excluding hydrogens is 287 g/mol. The Morgan fingerprint density at radius 2 is 2.00 bits per heavy atom. The SMILES string of the molecule is NCCCC[C@H](N)C(=O)CC(Cc1cccc(F)c1)C(=O)O. The largest absolute Gasteiger partial charge is 0.481 e. The molecule has 122 valence electrons. The Balaban J connectivity index is 2.60. The van der Waals surface area contributed by atoms with E-state index in [1.54, 1.807) is 6.07 Å². The molecule has 0 bridgehead atoms. The van der Waals surface area contributed by atoms with Gasteiger partial charge in [-0.1, -0.05) is 18.6 Å². The van der Waals surface area contributed by atoms with Crippen LogP contribution in [0.5, 0.6) is 0 Å². The summed E-state index contributed by atoms with van der Waals surface area (Å²) in [5, 5.41) is 9.25. The van der Waals surface area contributed by atoms with Crippen molar-refractivity contribution in [3.05, 3.63) is 35.6 Å². The molecule has 0 aliphatic carbocycles. The van der Waals surface area contributed by atoms with E-state index in [4.69, 9.17) is 11.5 Å². The van der Waals surface area contributed by atoms with Crippen LogP contribution in [0, 0.1) is 11.7 Å². The number of halogens is 1. The first kappa shape index (κ1) is 18.3. The van der Waals surface area contributed by atoms with E-state index in [9.17, 15) is 19.1 Å². The third kappa shape index (κ3) is 6.32. The van der Waals surface area contributed by atoms with Crippen LogP contribution in [0.15, 0.2) is 24.3 Å². The molecule has 6 heteroatoms. The third-order valence-corrected chi connectivity index (χ3v) is 3.55. The molecule has 0 aromatic heterocycles. The number of carbonyl (C=O) groups is 2. The van der Waals surface area contributed by atoms with Gasteiger partial charge in [0.15, 0.2) is 0 Å². The van der Waals surface area contributed by atoms with Gasteiger partial charge in [0.1, 0.15) is 11.6 Å². The van der Waals surface area contributed by atoms with Crippen LogP contribution < -0.4 is 11.5 Å². The maximum Gasteiger partial charge on any atom is 0.307 e. The second kappa shape index (κ2) is 9.27. The highest BCUT2D eigenvalue weighted by Gasteiger charge is 2.24. The molecule has 1 unspecified atom stereocenters. The maximum absolute atomic E-state index is 13.1. The van der Waals surface area contributed by atoms with Crippen LogP contribution in [0.4, 0.5) is 4.39 Å². The molecule has 5 N–H and O–H groups in total. The number of carboxylic acid groups (broad SMARTS) is 1. The summed E-state index contributed by atoms with van der Waals surface area (Å²) in [4.78, 5) is 23.3. The smallest absolute Gasteiger partial charge is 0.307 e. The standard InChI is InChI=1S/C16H23FN2O3/c17-13-5-3-4-11(9-13)8-12(16(21)22)10-15(20)14(19)6-1-2-7-18/h3-5,9,12,14H,1-2,6-8,10,18-19H2,(H,21,22)/t12?,14-/m0/s1. The maximum atomic E-state index is 13.1. The Morgan fingerprint density at radius 3 is 2.59 bits per heavy atom. The molecular formula is C16H23FN2O3. The lowest BCUT2D eigenvalue weighted by Gasteiger charge is -2.15. The number of carbonyl (C=O) groups excluding carboxylic acids is 1. The van der Waals surface area contributed by atoms with Gasteiger partial charge < -0.3 is 16.6 Å². The highest BCUT2D eigenvalue weighted by atomic mass is 19.1. The van der Waals surface area contributed by atoms with Gasteiger partial charge in [-0.2, -0.15) is 0 Å². The summed E-state index contributed by atoms with van der Waals surface area (Å²) in [6, 6.07) is 5.06. The minimum atomic E-state index is -1.08. The van der Waals surface area contributed by atoms with Crippen molar-refractivity contribution >= 4 is 11.8 Å². The monoisotopic (exact) mass is 310 g/mol. The van der Waals surface area contributed by atoms with E-state index in [-0.39, 0.29) is 18.6 Å². The number of ketones is 1. The van der Waals surface area contributed by atoms with Crippen LogP contribution in [0.2, 0.25) is 0 Å². The molecule has 2 atom stereocenters. The number of unbranched alkanes of at least 4 members (excludes halogenated alkanes) is 1. The summed E-state index contributed by atoms with van der Waals surface area (Å²) < 4.78 is 13.1. The van der Waals surface area contributed by atoms with E-state index in [0.717, 1.165) is 12.8 Å². The van der Waals surface area contributed by atoms with Crippen molar-refractivity contribution in [1.29, 1.82) is 0 Å². The minimum absolute atomic E-state index is 0.106. The Bertz CT molecular complexity index is 508. The van der Waals surface area contributed by atoms with Crippen molar-refractivity contribution < 1.29 is 19.1 Å². The van der Waals surface area contributed by atoms with Crippen LogP contribution in [0.1, 0.15) is 31.2 Å². The van der Waals surface area contributed by atoms with Gasteiger partial charge in [0.05, 0.1) is 12.0 Å². The van der Waals surface area contributed by atoms with Crippen LogP contribution in [0.3, 0.4) is 0 Å². The van der Waals surface area contributed by atoms with E-state index >= 15 is 0 Å². The van der Waals surface area contributed by atoms with Gasteiger partial charge in [-0.05, 0) is 43.5 Å².